The standard InChI is InChI=1S/C25H33NO5S/c1-3-15-32(29,30)26(17-20-7-5-4-6-8-20)23-14-9-19(2)16-24(23)31-18-21-10-12-22(13-11-21)25(27)28/h9-14,16,20H,3-8,15,17-18H2,1-2H3,(H,27,28). The van der Waals surface area contributed by atoms with Crippen LogP contribution < -0.4 is 9.04 Å². The largest absolute Gasteiger partial charge is 0.487 e. The Hall–Kier alpha value is -2.54. The van der Waals surface area contributed by atoms with Crippen LogP contribution in [-0.2, 0) is 16.6 Å². The number of benzene rings is 2. The molecule has 6 nitrogen and oxygen atoms in total. The third-order valence-electron chi connectivity index (χ3n) is 5.93. The van der Waals surface area contributed by atoms with Crippen LogP contribution in [0.4, 0.5) is 5.69 Å². The van der Waals surface area contributed by atoms with Crippen molar-refractivity contribution in [3.8, 4) is 5.75 Å². The molecule has 0 aromatic heterocycles. The van der Waals surface area contributed by atoms with Crippen molar-refractivity contribution >= 4 is 21.7 Å². The first kappa shape index (κ1) is 24.1. The van der Waals surface area contributed by atoms with Gasteiger partial charge in [0.2, 0.25) is 10.0 Å². The van der Waals surface area contributed by atoms with E-state index in [9.17, 15) is 13.2 Å². The molecule has 0 spiro atoms. The molecule has 1 aliphatic carbocycles. The minimum Gasteiger partial charge on any atom is -0.487 e. The van der Waals surface area contributed by atoms with Gasteiger partial charge in [-0.3, -0.25) is 4.31 Å². The summed E-state index contributed by atoms with van der Waals surface area (Å²) in [6, 6.07) is 12.1. The highest BCUT2D eigenvalue weighted by Gasteiger charge is 2.28. The molecule has 0 radical (unpaired) electrons. The summed E-state index contributed by atoms with van der Waals surface area (Å²) in [5.41, 5.74) is 2.60. The second-order valence-electron chi connectivity index (χ2n) is 8.61. The maximum absolute atomic E-state index is 13.2. The van der Waals surface area contributed by atoms with E-state index in [-0.39, 0.29) is 17.9 Å². The van der Waals surface area contributed by atoms with E-state index in [1.165, 1.54) is 6.42 Å². The third-order valence-corrected chi connectivity index (χ3v) is 7.87. The SMILES string of the molecule is CCCS(=O)(=O)N(CC1CCCCC1)c1ccc(C)cc1OCc1ccc(C(=O)O)cc1. The van der Waals surface area contributed by atoms with Crippen LogP contribution in [0.2, 0.25) is 0 Å². The molecule has 1 fully saturated rings. The highest BCUT2D eigenvalue weighted by Crippen LogP contribution is 2.35. The topological polar surface area (TPSA) is 83.9 Å². The van der Waals surface area contributed by atoms with E-state index in [0.717, 1.165) is 36.8 Å². The van der Waals surface area contributed by atoms with Gasteiger partial charge in [0.15, 0.2) is 0 Å². The van der Waals surface area contributed by atoms with E-state index >= 15 is 0 Å². The summed E-state index contributed by atoms with van der Waals surface area (Å²) in [4.78, 5) is 11.1. The number of nitrogens with zero attached hydrogens (tertiary/aromatic N) is 1. The van der Waals surface area contributed by atoms with Gasteiger partial charge < -0.3 is 9.84 Å². The summed E-state index contributed by atoms with van der Waals surface area (Å²) in [5.74, 6) is 0.0118. The molecule has 0 atom stereocenters. The molecular formula is C25H33NO5S. The Morgan fingerprint density at radius 1 is 1.09 bits per heavy atom. The number of anilines is 1. The third kappa shape index (κ3) is 6.25. The van der Waals surface area contributed by atoms with Crippen LogP contribution in [0.25, 0.3) is 0 Å². The van der Waals surface area contributed by atoms with Gasteiger partial charge in [0.1, 0.15) is 12.4 Å². The molecule has 1 N–H and O–H groups in total. The van der Waals surface area contributed by atoms with Crippen LogP contribution in [0.15, 0.2) is 42.5 Å². The Morgan fingerprint density at radius 3 is 2.41 bits per heavy atom. The second-order valence-corrected chi connectivity index (χ2v) is 10.6. The lowest BCUT2D eigenvalue weighted by Crippen LogP contribution is -2.37. The van der Waals surface area contributed by atoms with Crippen LogP contribution >= 0.6 is 0 Å². The maximum Gasteiger partial charge on any atom is 0.335 e. The highest BCUT2D eigenvalue weighted by atomic mass is 32.2. The first-order valence-corrected chi connectivity index (χ1v) is 13.0. The predicted octanol–water partition coefficient (Wildman–Crippen LogP) is 5.40. The smallest absolute Gasteiger partial charge is 0.335 e. The fraction of sp³-hybridized carbons (Fsp3) is 0.480. The van der Waals surface area contributed by atoms with Crippen LogP contribution in [0, 0.1) is 12.8 Å². The van der Waals surface area contributed by atoms with Crippen molar-refractivity contribution in [3.05, 3.63) is 59.2 Å². The van der Waals surface area contributed by atoms with Crippen molar-refractivity contribution in [1.29, 1.82) is 0 Å². The van der Waals surface area contributed by atoms with Crippen LogP contribution in [0.5, 0.6) is 5.75 Å². The Bertz CT molecular complexity index is 1010. The number of hydrogen-bond acceptors (Lipinski definition) is 4. The van der Waals surface area contributed by atoms with Gasteiger partial charge in [0.05, 0.1) is 17.0 Å². The first-order chi connectivity index (χ1) is 15.3. The summed E-state index contributed by atoms with van der Waals surface area (Å²) >= 11 is 0. The molecule has 0 bridgehead atoms. The maximum atomic E-state index is 13.2. The van der Waals surface area contributed by atoms with Gasteiger partial charge in [-0.1, -0.05) is 44.4 Å². The zero-order valence-electron chi connectivity index (χ0n) is 18.9. The number of carboxylic acid groups (broad SMARTS) is 1. The van der Waals surface area contributed by atoms with Crippen molar-refractivity contribution in [2.24, 2.45) is 5.92 Å². The number of aryl methyl sites for hydroxylation is 1. The molecule has 2 aromatic rings. The molecule has 32 heavy (non-hydrogen) atoms. The van der Waals surface area contributed by atoms with Crippen molar-refractivity contribution in [1.82, 2.24) is 0 Å². The Labute approximate surface area is 191 Å². The number of rotatable bonds is 10. The molecule has 174 valence electrons. The average molecular weight is 460 g/mol. The molecular weight excluding hydrogens is 426 g/mol. The fourth-order valence-corrected chi connectivity index (χ4v) is 5.81. The van der Waals surface area contributed by atoms with E-state index in [1.54, 1.807) is 28.6 Å². The van der Waals surface area contributed by atoms with Gasteiger partial charge in [-0.05, 0) is 67.5 Å². The summed E-state index contributed by atoms with van der Waals surface area (Å²) in [6.07, 6.45) is 6.18. The van der Waals surface area contributed by atoms with Crippen molar-refractivity contribution in [2.75, 3.05) is 16.6 Å². The Morgan fingerprint density at radius 2 is 1.78 bits per heavy atom. The zero-order chi connectivity index (χ0) is 23.1. The molecule has 0 saturated heterocycles. The van der Waals surface area contributed by atoms with E-state index < -0.39 is 16.0 Å². The second kappa shape index (κ2) is 10.9. The normalized spacial score (nSPS) is 14.8. The van der Waals surface area contributed by atoms with Crippen molar-refractivity contribution in [3.63, 3.8) is 0 Å². The van der Waals surface area contributed by atoms with Crippen molar-refractivity contribution in [2.45, 2.75) is 59.0 Å². The number of sulfonamides is 1. The van der Waals surface area contributed by atoms with Crippen LogP contribution in [-0.4, -0.2) is 31.8 Å². The first-order valence-electron chi connectivity index (χ1n) is 11.4. The molecule has 0 unspecified atom stereocenters. The average Bonchev–Trinajstić information content (AvgIpc) is 2.77. The molecule has 0 amide bonds. The predicted molar refractivity (Wildman–Crippen MR) is 127 cm³/mol. The lowest BCUT2D eigenvalue weighted by Gasteiger charge is -2.32. The summed E-state index contributed by atoms with van der Waals surface area (Å²) in [6.45, 7) is 4.53. The fourth-order valence-electron chi connectivity index (χ4n) is 4.18. The Balaban J connectivity index is 1.88. The summed E-state index contributed by atoms with van der Waals surface area (Å²) in [5, 5.41) is 9.07. The monoisotopic (exact) mass is 459 g/mol. The van der Waals surface area contributed by atoms with Crippen LogP contribution in [0.1, 0.15) is 66.9 Å². The van der Waals surface area contributed by atoms with E-state index in [2.05, 4.69) is 0 Å². The molecule has 3 rings (SSSR count). The van der Waals surface area contributed by atoms with Gasteiger partial charge in [-0.25, -0.2) is 13.2 Å². The lowest BCUT2D eigenvalue weighted by molar-refractivity contribution is 0.0697. The van der Waals surface area contributed by atoms with Gasteiger partial charge in [0.25, 0.3) is 0 Å². The number of carbonyl (C=O) groups is 1. The van der Waals surface area contributed by atoms with Gasteiger partial charge in [-0.2, -0.15) is 0 Å². The minimum absolute atomic E-state index is 0.101. The van der Waals surface area contributed by atoms with Crippen LogP contribution in [0.3, 0.4) is 0 Å². The summed E-state index contributed by atoms with van der Waals surface area (Å²) < 4.78 is 34.1. The highest BCUT2D eigenvalue weighted by molar-refractivity contribution is 7.92. The molecule has 0 aliphatic heterocycles. The molecule has 1 aliphatic rings. The summed E-state index contributed by atoms with van der Waals surface area (Å²) in [7, 11) is -3.47. The quantitative estimate of drug-likeness (QED) is 0.514. The molecule has 1 saturated carbocycles. The van der Waals surface area contributed by atoms with E-state index in [0.29, 0.717) is 30.3 Å². The van der Waals surface area contributed by atoms with Gasteiger partial charge in [0, 0.05) is 6.54 Å². The number of ether oxygens (including phenoxy) is 1. The number of carboxylic acids is 1. The molecule has 2 aromatic carbocycles. The van der Waals surface area contributed by atoms with Gasteiger partial charge in [-0.15, -0.1) is 0 Å². The number of hydrogen-bond donors (Lipinski definition) is 1. The van der Waals surface area contributed by atoms with Gasteiger partial charge >= 0.3 is 5.97 Å². The molecule has 0 heterocycles. The lowest BCUT2D eigenvalue weighted by atomic mass is 9.89. The van der Waals surface area contributed by atoms with E-state index in [4.69, 9.17) is 9.84 Å². The Kier molecular flexibility index (Phi) is 8.18. The number of aromatic carboxylic acids is 1. The van der Waals surface area contributed by atoms with Crippen molar-refractivity contribution < 1.29 is 23.1 Å². The zero-order valence-corrected chi connectivity index (χ0v) is 19.7. The molecule has 7 heteroatoms. The minimum atomic E-state index is -3.47. The van der Waals surface area contributed by atoms with E-state index in [1.807, 2.05) is 32.0 Å².